The van der Waals surface area contributed by atoms with E-state index in [1.54, 1.807) is 12.4 Å². The zero-order valence-corrected chi connectivity index (χ0v) is 20.1. The van der Waals surface area contributed by atoms with Crippen molar-refractivity contribution in [3.8, 4) is 0 Å². The predicted octanol–water partition coefficient (Wildman–Crippen LogP) is 5.81. The normalized spacial score (nSPS) is 24.0. The Morgan fingerprint density at radius 2 is 1.94 bits per heavy atom. The molecule has 33 heavy (non-hydrogen) atoms. The zero-order chi connectivity index (χ0) is 22.6. The van der Waals surface area contributed by atoms with Crippen LogP contribution < -0.4 is 10.2 Å². The summed E-state index contributed by atoms with van der Waals surface area (Å²) in [5, 5.41) is 7.06. The number of benzene rings is 1. The Kier molecular flexibility index (Phi) is 6.75. The molecular formula is C26H32N6S. The first kappa shape index (κ1) is 22.1. The molecule has 1 N–H and O–H groups in total. The predicted molar refractivity (Wildman–Crippen MR) is 137 cm³/mol. The van der Waals surface area contributed by atoms with Gasteiger partial charge in [0.25, 0.3) is 0 Å². The van der Waals surface area contributed by atoms with Gasteiger partial charge in [-0.3, -0.25) is 4.90 Å². The Labute approximate surface area is 200 Å². The van der Waals surface area contributed by atoms with Crippen LogP contribution >= 0.6 is 11.3 Å². The zero-order valence-electron chi connectivity index (χ0n) is 19.3. The molecule has 172 valence electrons. The summed E-state index contributed by atoms with van der Waals surface area (Å²) in [7, 11) is 0. The molecule has 1 aromatic carbocycles. The van der Waals surface area contributed by atoms with Gasteiger partial charge in [-0.25, -0.2) is 14.8 Å². The third-order valence-corrected chi connectivity index (χ3v) is 8.23. The Morgan fingerprint density at radius 3 is 2.70 bits per heavy atom. The standard InChI is InChI=1S/C26H32N6S/c1-19-18-32(24-4-3-5-25-23(24)11-15-33-25)14-13-31(19)12-10-20-6-8-21(9-7-20)30-26-28-16-22(27-2)17-29-26/h3-5,11,15-17,19-21H,6-10,12-14,18H2,1H3,(H,28,29,30)/t19-,20?,21?/m1/s1. The van der Waals surface area contributed by atoms with Gasteiger partial charge in [-0.2, -0.15) is 0 Å². The maximum absolute atomic E-state index is 7.01. The van der Waals surface area contributed by atoms with E-state index in [0.717, 1.165) is 25.6 Å². The summed E-state index contributed by atoms with van der Waals surface area (Å²) in [6.07, 6.45) is 9.37. The van der Waals surface area contributed by atoms with Crippen LogP contribution in [0.5, 0.6) is 0 Å². The summed E-state index contributed by atoms with van der Waals surface area (Å²) in [4.78, 5) is 17.2. The average molecular weight is 461 g/mol. The molecule has 1 atom stereocenters. The molecule has 1 saturated carbocycles. The molecule has 3 aromatic rings. The Hall–Kier alpha value is -2.69. The molecule has 1 aliphatic carbocycles. The second-order valence-corrected chi connectivity index (χ2v) is 10.4. The minimum absolute atomic E-state index is 0.447. The highest BCUT2D eigenvalue weighted by Gasteiger charge is 2.27. The highest BCUT2D eigenvalue weighted by molar-refractivity contribution is 7.17. The molecule has 7 heteroatoms. The van der Waals surface area contributed by atoms with E-state index in [2.05, 4.69) is 66.5 Å². The van der Waals surface area contributed by atoms with Crippen molar-refractivity contribution < 1.29 is 0 Å². The van der Waals surface area contributed by atoms with Crippen molar-refractivity contribution in [1.82, 2.24) is 14.9 Å². The van der Waals surface area contributed by atoms with Gasteiger partial charge in [-0.15, -0.1) is 11.3 Å². The van der Waals surface area contributed by atoms with Gasteiger partial charge in [0.2, 0.25) is 11.6 Å². The molecule has 0 unspecified atom stereocenters. The van der Waals surface area contributed by atoms with E-state index in [-0.39, 0.29) is 0 Å². The van der Waals surface area contributed by atoms with Crippen LogP contribution in [0.15, 0.2) is 42.0 Å². The highest BCUT2D eigenvalue weighted by Crippen LogP contribution is 2.33. The minimum Gasteiger partial charge on any atom is -0.368 e. The lowest BCUT2D eigenvalue weighted by Gasteiger charge is -2.42. The van der Waals surface area contributed by atoms with Crippen LogP contribution in [-0.2, 0) is 0 Å². The monoisotopic (exact) mass is 460 g/mol. The molecule has 1 aliphatic heterocycles. The average Bonchev–Trinajstić information content (AvgIpc) is 3.34. The molecule has 0 bridgehead atoms. The lowest BCUT2D eigenvalue weighted by Crippen LogP contribution is -2.52. The molecule has 5 rings (SSSR count). The van der Waals surface area contributed by atoms with Gasteiger partial charge in [-0.05, 0) is 75.1 Å². The van der Waals surface area contributed by atoms with Gasteiger partial charge < -0.3 is 10.2 Å². The molecule has 2 fully saturated rings. The second kappa shape index (κ2) is 10.1. The van der Waals surface area contributed by atoms with E-state index in [9.17, 15) is 0 Å². The molecule has 2 aliphatic rings. The van der Waals surface area contributed by atoms with Crippen LogP contribution in [0.2, 0.25) is 0 Å². The quantitative estimate of drug-likeness (QED) is 0.470. The molecule has 1 saturated heterocycles. The number of aromatic nitrogens is 2. The molecule has 0 amide bonds. The van der Waals surface area contributed by atoms with Gasteiger partial charge in [-0.1, -0.05) is 6.07 Å². The number of nitrogens with zero attached hydrogens (tertiary/aromatic N) is 5. The smallest absolute Gasteiger partial charge is 0.223 e. The third-order valence-electron chi connectivity index (χ3n) is 7.35. The van der Waals surface area contributed by atoms with E-state index >= 15 is 0 Å². The van der Waals surface area contributed by atoms with Gasteiger partial charge in [0.15, 0.2) is 0 Å². The molecular weight excluding hydrogens is 428 g/mol. The van der Waals surface area contributed by atoms with Crippen molar-refractivity contribution in [3.05, 3.63) is 53.5 Å². The Balaban J connectivity index is 1.07. The van der Waals surface area contributed by atoms with E-state index in [1.165, 1.54) is 54.4 Å². The number of hydrogen-bond donors (Lipinski definition) is 1. The number of fused-ring (bicyclic) bond motifs is 1. The lowest BCUT2D eigenvalue weighted by atomic mass is 9.84. The SMILES string of the molecule is [C-]#[N+]c1cnc(NC2CCC(CCN3CCN(c4cccc5sccc45)C[C@H]3C)CC2)nc1. The Morgan fingerprint density at radius 1 is 1.12 bits per heavy atom. The maximum Gasteiger partial charge on any atom is 0.223 e. The van der Waals surface area contributed by atoms with Gasteiger partial charge in [0.1, 0.15) is 0 Å². The van der Waals surface area contributed by atoms with Crippen LogP contribution in [0.25, 0.3) is 14.9 Å². The van der Waals surface area contributed by atoms with Crippen molar-refractivity contribution in [1.29, 1.82) is 0 Å². The number of anilines is 2. The van der Waals surface area contributed by atoms with Crippen molar-refractivity contribution >= 4 is 38.7 Å². The summed E-state index contributed by atoms with van der Waals surface area (Å²) in [6.45, 7) is 14.0. The number of piperazine rings is 1. The van der Waals surface area contributed by atoms with Crippen molar-refractivity contribution in [3.63, 3.8) is 0 Å². The molecule has 6 nitrogen and oxygen atoms in total. The number of nitrogens with one attached hydrogen (secondary N) is 1. The van der Waals surface area contributed by atoms with Gasteiger partial charge >= 0.3 is 0 Å². The number of hydrogen-bond acceptors (Lipinski definition) is 6. The molecule has 0 radical (unpaired) electrons. The minimum atomic E-state index is 0.447. The third kappa shape index (κ3) is 5.13. The summed E-state index contributed by atoms with van der Waals surface area (Å²) in [5.74, 6) is 1.47. The first-order valence-electron chi connectivity index (χ1n) is 12.1. The van der Waals surface area contributed by atoms with E-state index in [0.29, 0.717) is 23.7 Å². The summed E-state index contributed by atoms with van der Waals surface area (Å²) in [5.41, 5.74) is 1.89. The summed E-state index contributed by atoms with van der Waals surface area (Å²) >= 11 is 1.83. The first-order valence-corrected chi connectivity index (χ1v) is 13.0. The fraction of sp³-hybridized carbons (Fsp3) is 0.500. The summed E-state index contributed by atoms with van der Waals surface area (Å²) in [6, 6.07) is 10.0. The number of thiophene rings is 1. The first-order chi connectivity index (χ1) is 16.2. The summed E-state index contributed by atoms with van der Waals surface area (Å²) < 4.78 is 1.39. The molecule has 3 heterocycles. The molecule has 0 spiro atoms. The van der Waals surface area contributed by atoms with Gasteiger partial charge in [0, 0.05) is 59.9 Å². The van der Waals surface area contributed by atoms with E-state index in [4.69, 9.17) is 6.57 Å². The molecule has 2 aromatic heterocycles. The highest BCUT2D eigenvalue weighted by atomic mass is 32.1. The fourth-order valence-corrected chi connectivity index (χ4v) is 6.19. The van der Waals surface area contributed by atoms with Crippen molar-refractivity contribution in [2.75, 3.05) is 36.4 Å². The maximum atomic E-state index is 7.01. The van der Waals surface area contributed by atoms with Crippen molar-refractivity contribution in [2.24, 2.45) is 5.92 Å². The van der Waals surface area contributed by atoms with Crippen LogP contribution in [0, 0.1) is 12.5 Å². The van der Waals surface area contributed by atoms with E-state index in [1.807, 2.05) is 11.3 Å². The van der Waals surface area contributed by atoms with Crippen LogP contribution in [0.3, 0.4) is 0 Å². The topological polar surface area (TPSA) is 48.7 Å². The van der Waals surface area contributed by atoms with Gasteiger partial charge in [0.05, 0.1) is 6.57 Å². The Bertz CT molecular complexity index is 1100. The van der Waals surface area contributed by atoms with Crippen LogP contribution in [0.1, 0.15) is 39.0 Å². The largest absolute Gasteiger partial charge is 0.368 e. The van der Waals surface area contributed by atoms with Crippen molar-refractivity contribution in [2.45, 2.75) is 51.1 Å². The fourth-order valence-electron chi connectivity index (χ4n) is 5.38. The van der Waals surface area contributed by atoms with E-state index < -0.39 is 0 Å². The number of rotatable bonds is 6. The lowest BCUT2D eigenvalue weighted by molar-refractivity contribution is 0.167. The van der Waals surface area contributed by atoms with Crippen LogP contribution in [0.4, 0.5) is 17.3 Å². The second-order valence-electron chi connectivity index (χ2n) is 9.47. The van der Waals surface area contributed by atoms with Crippen LogP contribution in [-0.4, -0.2) is 53.1 Å².